The average molecular weight is 223 g/mol. The molecule has 0 bridgehead atoms. The highest BCUT2D eigenvalue weighted by atomic mass is 32.2. The quantitative estimate of drug-likeness (QED) is 0.709. The molecule has 1 aromatic rings. The summed E-state index contributed by atoms with van der Waals surface area (Å²) in [6.45, 7) is 7.65. The average Bonchev–Trinajstić information content (AvgIpc) is 2.17. The highest BCUT2D eigenvalue weighted by Gasteiger charge is 2.19. The summed E-state index contributed by atoms with van der Waals surface area (Å²) in [5, 5.41) is 0. The van der Waals surface area contributed by atoms with Crippen LogP contribution in [0.3, 0.4) is 0 Å². The molecule has 0 aromatic heterocycles. The topological polar surface area (TPSA) is 29.4 Å². The van der Waals surface area contributed by atoms with Gasteiger partial charge in [0.25, 0.3) is 0 Å². The van der Waals surface area contributed by atoms with Gasteiger partial charge in [0.1, 0.15) is 11.0 Å². The first-order valence-corrected chi connectivity index (χ1v) is 6.04. The van der Waals surface area contributed by atoms with E-state index in [9.17, 15) is 4.21 Å². The van der Waals surface area contributed by atoms with Gasteiger partial charge in [-0.1, -0.05) is 30.3 Å². The molecule has 0 saturated carbocycles. The van der Waals surface area contributed by atoms with E-state index in [-0.39, 0.29) is 4.75 Å². The maximum Gasteiger partial charge on any atom is 0.145 e. The van der Waals surface area contributed by atoms with Crippen molar-refractivity contribution in [3.05, 3.63) is 35.9 Å². The van der Waals surface area contributed by atoms with Crippen molar-refractivity contribution in [1.29, 1.82) is 0 Å². The Morgan fingerprint density at radius 3 is 2.20 bits per heavy atom. The van der Waals surface area contributed by atoms with Gasteiger partial charge in [0.05, 0.1) is 10.5 Å². The highest BCUT2D eigenvalue weighted by Crippen LogP contribution is 2.13. The largest absolute Gasteiger partial charge is 0.234 e. The monoisotopic (exact) mass is 223 g/mol. The number of hydrogen-bond acceptors (Lipinski definition) is 1. The molecule has 0 amide bonds. The molecule has 0 spiro atoms. The van der Waals surface area contributed by atoms with Crippen LogP contribution in [0, 0.1) is 0 Å². The summed E-state index contributed by atoms with van der Waals surface area (Å²) in [4.78, 5) is 0. The molecule has 0 fully saturated rings. The number of benzene rings is 1. The maximum absolute atomic E-state index is 11.8. The fourth-order valence-electron chi connectivity index (χ4n) is 0.993. The summed E-state index contributed by atoms with van der Waals surface area (Å²) in [5.74, 6) is 0. The van der Waals surface area contributed by atoms with E-state index in [4.69, 9.17) is 0 Å². The predicted octanol–water partition coefficient (Wildman–Crippen LogP) is 2.96. The van der Waals surface area contributed by atoms with Crippen LogP contribution in [0.25, 0.3) is 0 Å². The molecule has 0 aliphatic heterocycles. The summed E-state index contributed by atoms with van der Waals surface area (Å²) < 4.78 is 15.7. The third-order valence-electron chi connectivity index (χ3n) is 1.94. The van der Waals surface area contributed by atoms with Gasteiger partial charge in [0.2, 0.25) is 0 Å². The van der Waals surface area contributed by atoms with Crippen molar-refractivity contribution < 1.29 is 4.21 Å². The molecule has 2 nitrogen and oxygen atoms in total. The third-order valence-corrected chi connectivity index (χ3v) is 3.42. The lowest BCUT2D eigenvalue weighted by molar-refractivity contribution is 0.650. The SMILES string of the molecule is C/C(=N\S(=O)C(C)(C)C)c1ccccc1. The molecule has 1 aromatic carbocycles. The Balaban J connectivity index is 2.91. The Kier molecular flexibility index (Phi) is 3.80. The molecule has 15 heavy (non-hydrogen) atoms. The van der Waals surface area contributed by atoms with Gasteiger partial charge in [-0.25, -0.2) is 4.21 Å². The van der Waals surface area contributed by atoms with Crippen molar-refractivity contribution in [3.63, 3.8) is 0 Å². The Hall–Kier alpha value is -0.960. The molecule has 0 aliphatic rings. The minimum absolute atomic E-state index is 0.296. The third kappa shape index (κ3) is 3.59. The molecular formula is C12H17NOS. The molecule has 1 unspecified atom stereocenters. The van der Waals surface area contributed by atoms with E-state index in [1.165, 1.54) is 0 Å². The van der Waals surface area contributed by atoms with E-state index in [2.05, 4.69) is 4.40 Å². The van der Waals surface area contributed by atoms with Crippen LogP contribution in [0.4, 0.5) is 0 Å². The van der Waals surface area contributed by atoms with Gasteiger partial charge >= 0.3 is 0 Å². The van der Waals surface area contributed by atoms with Crippen LogP contribution in [0.1, 0.15) is 33.3 Å². The molecule has 0 N–H and O–H groups in total. The summed E-state index contributed by atoms with van der Waals surface area (Å²) in [6.07, 6.45) is 0. The van der Waals surface area contributed by atoms with Crippen molar-refractivity contribution in [2.75, 3.05) is 0 Å². The smallest absolute Gasteiger partial charge is 0.145 e. The van der Waals surface area contributed by atoms with E-state index in [0.29, 0.717) is 0 Å². The summed E-state index contributed by atoms with van der Waals surface area (Å²) in [7, 11) is -1.18. The molecular weight excluding hydrogens is 206 g/mol. The van der Waals surface area contributed by atoms with Crippen LogP contribution in [-0.4, -0.2) is 14.7 Å². The molecule has 0 aliphatic carbocycles. The predicted molar refractivity (Wildman–Crippen MR) is 66.5 cm³/mol. The van der Waals surface area contributed by atoms with Gasteiger partial charge < -0.3 is 0 Å². The molecule has 0 radical (unpaired) electrons. The first-order valence-electron chi connectivity index (χ1n) is 4.94. The number of hydrogen-bond donors (Lipinski definition) is 0. The Labute approximate surface area is 94.0 Å². The minimum atomic E-state index is -1.18. The summed E-state index contributed by atoms with van der Waals surface area (Å²) in [5.41, 5.74) is 1.85. The van der Waals surface area contributed by atoms with Gasteiger partial charge in [-0.15, -0.1) is 0 Å². The highest BCUT2D eigenvalue weighted by molar-refractivity contribution is 7.85. The minimum Gasteiger partial charge on any atom is -0.234 e. The molecule has 3 heteroatoms. The first kappa shape index (κ1) is 12.1. The van der Waals surface area contributed by atoms with Crippen molar-refractivity contribution >= 4 is 16.7 Å². The fourth-order valence-corrected chi connectivity index (χ4v) is 1.62. The second-order valence-corrected chi connectivity index (χ2v) is 6.31. The Bertz CT molecular complexity index is 376. The van der Waals surface area contributed by atoms with Crippen LogP contribution >= 0.6 is 0 Å². The number of rotatable bonds is 2. The normalized spacial score (nSPS) is 15.1. The lowest BCUT2D eigenvalue weighted by Gasteiger charge is -2.14. The zero-order chi connectivity index (χ0) is 11.5. The molecule has 1 atom stereocenters. The van der Waals surface area contributed by atoms with Crippen LogP contribution < -0.4 is 0 Å². The van der Waals surface area contributed by atoms with E-state index in [0.717, 1.165) is 11.3 Å². The second kappa shape index (κ2) is 4.71. The van der Waals surface area contributed by atoms with Gasteiger partial charge in [-0.3, -0.25) is 0 Å². The van der Waals surface area contributed by atoms with E-state index in [1.807, 2.05) is 58.0 Å². The van der Waals surface area contributed by atoms with Crippen molar-refractivity contribution in [2.45, 2.75) is 32.4 Å². The molecule has 82 valence electrons. The standard InChI is InChI=1S/C12H17NOS/c1-10(11-8-6-5-7-9-11)13-15(14)12(2,3)4/h5-9H,1-4H3/b13-10+. The summed E-state index contributed by atoms with van der Waals surface area (Å²) >= 11 is 0. The second-order valence-electron chi connectivity index (χ2n) is 4.40. The summed E-state index contributed by atoms with van der Waals surface area (Å²) in [6, 6.07) is 9.80. The van der Waals surface area contributed by atoms with Crippen LogP contribution in [0.2, 0.25) is 0 Å². The van der Waals surface area contributed by atoms with Crippen LogP contribution in [0.15, 0.2) is 34.7 Å². The fraction of sp³-hybridized carbons (Fsp3) is 0.417. The molecule has 1 rings (SSSR count). The first-order chi connectivity index (χ1) is 6.91. The zero-order valence-corrected chi connectivity index (χ0v) is 10.5. The van der Waals surface area contributed by atoms with Crippen LogP contribution in [-0.2, 0) is 11.0 Å². The lowest BCUT2D eigenvalue weighted by Crippen LogP contribution is -2.20. The van der Waals surface area contributed by atoms with E-state index >= 15 is 0 Å². The van der Waals surface area contributed by atoms with Gasteiger partial charge in [-0.2, -0.15) is 4.40 Å². The van der Waals surface area contributed by atoms with E-state index in [1.54, 1.807) is 0 Å². The lowest BCUT2D eigenvalue weighted by atomic mass is 10.1. The van der Waals surface area contributed by atoms with Crippen molar-refractivity contribution in [1.82, 2.24) is 0 Å². The van der Waals surface area contributed by atoms with Gasteiger partial charge in [0, 0.05) is 0 Å². The maximum atomic E-state index is 11.8. The van der Waals surface area contributed by atoms with Crippen molar-refractivity contribution in [2.24, 2.45) is 4.40 Å². The molecule has 0 heterocycles. The van der Waals surface area contributed by atoms with E-state index < -0.39 is 11.0 Å². The molecule has 0 saturated heterocycles. The van der Waals surface area contributed by atoms with Gasteiger partial charge in [0.15, 0.2) is 0 Å². The van der Waals surface area contributed by atoms with Crippen molar-refractivity contribution in [3.8, 4) is 0 Å². The Morgan fingerprint density at radius 2 is 1.73 bits per heavy atom. The van der Waals surface area contributed by atoms with Crippen LogP contribution in [0.5, 0.6) is 0 Å². The van der Waals surface area contributed by atoms with Gasteiger partial charge in [-0.05, 0) is 33.3 Å². The Morgan fingerprint density at radius 1 is 1.20 bits per heavy atom. The number of nitrogens with zero attached hydrogens (tertiary/aromatic N) is 1. The zero-order valence-electron chi connectivity index (χ0n) is 9.65.